The number of rotatable bonds is 7. The third-order valence-electron chi connectivity index (χ3n) is 2.91. The first-order valence-corrected chi connectivity index (χ1v) is 7.23. The average molecular weight is 280 g/mol. The van der Waals surface area contributed by atoms with Crippen LogP contribution in [-0.4, -0.2) is 11.9 Å². The molecule has 1 aromatic carbocycles. The smallest absolute Gasteiger partial charge is 0.244 e. The Labute approximate surface area is 120 Å². The molecule has 3 heteroatoms. The molecule has 0 spiro atoms. The lowest BCUT2D eigenvalue weighted by atomic mass is 10.1. The number of carbonyl (C=O) groups is 1. The zero-order valence-electron chi connectivity index (χ0n) is 11.7. The largest absolute Gasteiger partial charge is 0.350 e. The highest BCUT2D eigenvalue weighted by Crippen LogP contribution is 2.11. The summed E-state index contributed by atoms with van der Waals surface area (Å²) in [4.78, 5) is 11.7. The van der Waals surface area contributed by atoms with E-state index in [9.17, 15) is 4.79 Å². The normalized spacial score (nSPS) is 12.6. The SMILES string of the molecule is CCCCCC(C)NC(=O)/C=C/c1cccc(Cl)c1. The lowest BCUT2D eigenvalue weighted by Gasteiger charge is -2.11. The standard InChI is InChI=1S/C16H22ClNO/c1-3-4-5-7-13(2)18-16(19)11-10-14-8-6-9-15(17)12-14/h6,8-13H,3-5,7H2,1-2H3,(H,18,19)/b11-10+. The second-order valence-corrected chi connectivity index (χ2v) is 5.23. The number of carbonyl (C=O) groups excluding carboxylic acids is 1. The summed E-state index contributed by atoms with van der Waals surface area (Å²) in [5.41, 5.74) is 0.932. The molecule has 0 aliphatic rings. The Morgan fingerprint density at radius 1 is 1.42 bits per heavy atom. The van der Waals surface area contributed by atoms with Crippen molar-refractivity contribution in [1.29, 1.82) is 0 Å². The molecule has 0 aliphatic carbocycles. The Hall–Kier alpha value is -1.28. The van der Waals surface area contributed by atoms with Crippen molar-refractivity contribution < 1.29 is 4.79 Å². The van der Waals surface area contributed by atoms with Gasteiger partial charge in [-0.05, 0) is 37.1 Å². The van der Waals surface area contributed by atoms with E-state index in [4.69, 9.17) is 11.6 Å². The van der Waals surface area contributed by atoms with E-state index in [1.54, 1.807) is 12.2 Å². The molecular formula is C16H22ClNO. The molecule has 0 bridgehead atoms. The Morgan fingerprint density at radius 3 is 2.89 bits per heavy atom. The molecule has 1 N–H and O–H groups in total. The van der Waals surface area contributed by atoms with Crippen LogP contribution < -0.4 is 5.32 Å². The van der Waals surface area contributed by atoms with Gasteiger partial charge in [-0.1, -0.05) is 49.9 Å². The zero-order valence-corrected chi connectivity index (χ0v) is 12.4. The minimum absolute atomic E-state index is 0.0519. The molecule has 0 heterocycles. The molecule has 19 heavy (non-hydrogen) atoms. The molecule has 0 fully saturated rings. The van der Waals surface area contributed by atoms with E-state index in [-0.39, 0.29) is 11.9 Å². The van der Waals surface area contributed by atoms with Crippen LogP contribution in [0.4, 0.5) is 0 Å². The third-order valence-corrected chi connectivity index (χ3v) is 3.14. The minimum atomic E-state index is -0.0519. The van der Waals surface area contributed by atoms with Crippen LogP contribution in [0.15, 0.2) is 30.3 Å². The van der Waals surface area contributed by atoms with E-state index >= 15 is 0 Å². The maximum Gasteiger partial charge on any atom is 0.244 e. The third kappa shape index (κ3) is 7.02. The summed E-state index contributed by atoms with van der Waals surface area (Å²) >= 11 is 5.88. The fourth-order valence-electron chi connectivity index (χ4n) is 1.85. The monoisotopic (exact) mass is 279 g/mol. The van der Waals surface area contributed by atoms with Gasteiger partial charge in [0.1, 0.15) is 0 Å². The van der Waals surface area contributed by atoms with Crippen molar-refractivity contribution in [3.8, 4) is 0 Å². The van der Waals surface area contributed by atoms with E-state index in [1.807, 2.05) is 31.2 Å². The number of benzene rings is 1. The van der Waals surface area contributed by atoms with Gasteiger partial charge in [0.15, 0.2) is 0 Å². The van der Waals surface area contributed by atoms with Crippen molar-refractivity contribution in [2.45, 2.75) is 45.6 Å². The summed E-state index contributed by atoms with van der Waals surface area (Å²) in [7, 11) is 0. The van der Waals surface area contributed by atoms with Gasteiger partial charge < -0.3 is 5.32 Å². The molecule has 2 nitrogen and oxygen atoms in total. The average Bonchev–Trinajstić information content (AvgIpc) is 2.37. The van der Waals surface area contributed by atoms with Crippen LogP contribution >= 0.6 is 11.6 Å². The minimum Gasteiger partial charge on any atom is -0.350 e. The van der Waals surface area contributed by atoms with Crippen LogP contribution in [0.2, 0.25) is 5.02 Å². The molecule has 1 rings (SSSR count). The van der Waals surface area contributed by atoms with Gasteiger partial charge >= 0.3 is 0 Å². The van der Waals surface area contributed by atoms with Crippen LogP contribution in [0.3, 0.4) is 0 Å². The maximum atomic E-state index is 11.7. The molecule has 1 aromatic rings. The zero-order chi connectivity index (χ0) is 14.1. The lowest BCUT2D eigenvalue weighted by Crippen LogP contribution is -2.30. The molecule has 1 unspecified atom stereocenters. The van der Waals surface area contributed by atoms with E-state index in [1.165, 1.54) is 12.8 Å². The first kappa shape index (κ1) is 15.8. The Bertz CT molecular complexity index is 429. The van der Waals surface area contributed by atoms with Gasteiger partial charge in [0.25, 0.3) is 0 Å². The van der Waals surface area contributed by atoms with Gasteiger partial charge in [0, 0.05) is 17.1 Å². The van der Waals surface area contributed by atoms with Crippen molar-refractivity contribution in [2.75, 3.05) is 0 Å². The van der Waals surface area contributed by atoms with Gasteiger partial charge in [-0.2, -0.15) is 0 Å². The van der Waals surface area contributed by atoms with E-state index in [0.717, 1.165) is 18.4 Å². The highest BCUT2D eigenvalue weighted by Gasteiger charge is 2.03. The maximum absolute atomic E-state index is 11.7. The fourth-order valence-corrected chi connectivity index (χ4v) is 2.04. The van der Waals surface area contributed by atoms with Crippen LogP contribution in [-0.2, 0) is 4.79 Å². The summed E-state index contributed by atoms with van der Waals surface area (Å²) in [6.45, 7) is 4.22. The van der Waals surface area contributed by atoms with Crippen molar-refractivity contribution in [2.24, 2.45) is 0 Å². The second kappa shape index (κ2) is 8.76. The van der Waals surface area contributed by atoms with E-state index < -0.39 is 0 Å². The summed E-state index contributed by atoms with van der Waals surface area (Å²) in [5.74, 6) is -0.0519. The topological polar surface area (TPSA) is 29.1 Å². The summed E-state index contributed by atoms with van der Waals surface area (Å²) < 4.78 is 0. The van der Waals surface area contributed by atoms with Crippen LogP contribution in [0.1, 0.15) is 45.1 Å². The molecule has 0 saturated carbocycles. The highest BCUT2D eigenvalue weighted by molar-refractivity contribution is 6.30. The molecule has 0 aliphatic heterocycles. The Kier molecular flexibility index (Phi) is 7.27. The van der Waals surface area contributed by atoms with Gasteiger partial charge in [0.05, 0.1) is 0 Å². The molecule has 0 saturated heterocycles. The van der Waals surface area contributed by atoms with Crippen LogP contribution in [0.5, 0.6) is 0 Å². The fraction of sp³-hybridized carbons (Fsp3) is 0.438. The van der Waals surface area contributed by atoms with Gasteiger partial charge in [-0.25, -0.2) is 0 Å². The first-order valence-electron chi connectivity index (χ1n) is 6.86. The molecule has 0 aromatic heterocycles. The first-order chi connectivity index (χ1) is 9.11. The van der Waals surface area contributed by atoms with E-state index in [2.05, 4.69) is 12.2 Å². The number of halogens is 1. The summed E-state index contributed by atoms with van der Waals surface area (Å²) in [5, 5.41) is 3.64. The molecule has 1 atom stereocenters. The molecular weight excluding hydrogens is 258 g/mol. The molecule has 1 amide bonds. The number of hydrogen-bond donors (Lipinski definition) is 1. The van der Waals surface area contributed by atoms with Crippen molar-refractivity contribution in [3.63, 3.8) is 0 Å². The Balaban J connectivity index is 2.38. The lowest BCUT2D eigenvalue weighted by molar-refractivity contribution is -0.117. The van der Waals surface area contributed by atoms with Gasteiger partial charge in [0.2, 0.25) is 5.91 Å². The summed E-state index contributed by atoms with van der Waals surface area (Å²) in [6, 6.07) is 7.65. The predicted octanol–water partition coefficient (Wildman–Crippen LogP) is 4.44. The second-order valence-electron chi connectivity index (χ2n) is 4.79. The summed E-state index contributed by atoms with van der Waals surface area (Å²) in [6.07, 6.45) is 7.95. The predicted molar refractivity (Wildman–Crippen MR) is 82.2 cm³/mol. The van der Waals surface area contributed by atoms with Crippen LogP contribution in [0.25, 0.3) is 6.08 Å². The Morgan fingerprint density at radius 2 is 2.21 bits per heavy atom. The van der Waals surface area contributed by atoms with Crippen LogP contribution in [0, 0.1) is 0 Å². The van der Waals surface area contributed by atoms with Crippen molar-refractivity contribution in [1.82, 2.24) is 5.32 Å². The highest BCUT2D eigenvalue weighted by atomic mass is 35.5. The van der Waals surface area contributed by atoms with E-state index in [0.29, 0.717) is 5.02 Å². The van der Waals surface area contributed by atoms with Crippen molar-refractivity contribution in [3.05, 3.63) is 40.9 Å². The van der Waals surface area contributed by atoms with Gasteiger partial charge in [-0.3, -0.25) is 4.79 Å². The van der Waals surface area contributed by atoms with Crippen molar-refractivity contribution >= 4 is 23.6 Å². The molecule has 0 radical (unpaired) electrons. The number of amides is 1. The molecule has 104 valence electrons. The quantitative estimate of drug-likeness (QED) is 0.580. The number of unbranched alkanes of at least 4 members (excludes halogenated alkanes) is 2. The number of nitrogens with one attached hydrogen (secondary N) is 1. The van der Waals surface area contributed by atoms with Gasteiger partial charge in [-0.15, -0.1) is 0 Å². The number of hydrogen-bond acceptors (Lipinski definition) is 1.